The molecule has 3 aromatic rings. The highest BCUT2D eigenvalue weighted by Crippen LogP contribution is 2.31. The minimum Gasteiger partial charge on any atom is -0.493 e. The molecule has 1 N–H and O–H groups in total. The number of hydrogen-bond donors (Lipinski definition) is 1. The molecule has 1 aliphatic carbocycles. The van der Waals surface area contributed by atoms with Gasteiger partial charge in [0.05, 0.1) is 30.7 Å². The summed E-state index contributed by atoms with van der Waals surface area (Å²) in [5.41, 5.74) is 0.966. The summed E-state index contributed by atoms with van der Waals surface area (Å²) in [5, 5.41) is 2.73. The van der Waals surface area contributed by atoms with E-state index in [4.69, 9.17) is 14.2 Å². The quantitative estimate of drug-likeness (QED) is 0.469. The summed E-state index contributed by atoms with van der Waals surface area (Å²) in [6, 6.07) is 11.7. The summed E-state index contributed by atoms with van der Waals surface area (Å²) < 4.78 is 31.7. The van der Waals surface area contributed by atoms with Crippen molar-refractivity contribution in [3.05, 3.63) is 71.9 Å². The molecule has 1 aromatic heterocycles. The third kappa shape index (κ3) is 6.65. The Morgan fingerprint density at radius 3 is 2.58 bits per heavy atom. The summed E-state index contributed by atoms with van der Waals surface area (Å²) in [7, 11) is 0. The summed E-state index contributed by atoms with van der Waals surface area (Å²) in [5.74, 6) is 2.02. The molecular formula is C25H26FN3O4. The fraction of sp³-hybridized carbons (Fsp3) is 0.320. The Balaban J connectivity index is 1.32. The van der Waals surface area contributed by atoms with E-state index in [2.05, 4.69) is 15.3 Å². The van der Waals surface area contributed by atoms with Gasteiger partial charge in [-0.15, -0.1) is 0 Å². The van der Waals surface area contributed by atoms with Crippen LogP contribution in [0.2, 0.25) is 0 Å². The van der Waals surface area contributed by atoms with E-state index in [1.54, 1.807) is 24.3 Å². The lowest BCUT2D eigenvalue weighted by Crippen LogP contribution is -2.24. The summed E-state index contributed by atoms with van der Waals surface area (Å²) in [4.78, 5) is 19.5. The Bertz CT molecular complexity index is 1100. The highest BCUT2D eigenvalue weighted by atomic mass is 19.1. The van der Waals surface area contributed by atoms with Crippen molar-refractivity contribution >= 4 is 5.91 Å². The highest BCUT2D eigenvalue weighted by molar-refractivity contribution is 5.73. The fourth-order valence-electron chi connectivity index (χ4n) is 3.13. The van der Waals surface area contributed by atoms with Crippen LogP contribution in [-0.2, 0) is 11.4 Å². The molecule has 1 aliphatic rings. The van der Waals surface area contributed by atoms with Gasteiger partial charge in [0.1, 0.15) is 29.7 Å². The highest BCUT2D eigenvalue weighted by Gasteiger charge is 2.22. The number of rotatable bonds is 10. The molecule has 1 heterocycles. The summed E-state index contributed by atoms with van der Waals surface area (Å²) >= 11 is 0. The van der Waals surface area contributed by atoms with Crippen LogP contribution < -0.4 is 19.5 Å². The first-order valence-electron chi connectivity index (χ1n) is 10.9. The molecule has 172 valence electrons. The number of carbonyl (C=O) groups excluding carboxylic acids is 1. The Kier molecular flexibility index (Phi) is 7.02. The van der Waals surface area contributed by atoms with E-state index in [1.165, 1.54) is 38.2 Å². The molecule has 2 aromatic carbocycles. The Labute approximate surface area is 191 Å². The molecule has 4 rings (SSSR count). The Morgan fingerprint density at radius 2 is 1.88 bits per heavy atom. The molecule has 1 saturated carbocycles. The van der Waals surface area contributed by atoms with Gasteiger partial charge in [-0.2, -0.15) is 0 Å². The zero-order valence-corrected chi connectivity index (χ0v) is 18.6. The van der Waals surface area contributed by atoms with Crippen LogP contribution in [0.3, 0.4) is 0 Å². The van der Waals surface area contributed by atoms with Gasteiger partial charge < -0.3 is 19.5 Å². The number of carbonyl (C=O) groups is 1. The minimum absolute atomic E-state index is 0.00805. The van der Waals surface area contributed by atoms with Gasteiger partial charge in [-0.1, -0.05) is 6.07 Å². The van der Waals surface area contributed by atoms with Crippen molar-refractivity contribution in [1.82, 2.24) is 15.3 Å². The number of hydrogen-bond acceptors (Lipinski definition) is 6. The number of halogens is 1. The molecule has 8 heteroatoms. The number of aromatic nitrogens is 2. The molecule has 1 fully saturated rings. The van der Waals surface area contributed by atoms with Gasteiger partial charge in [-0.3, -0.25) is 9.78 Å². The number of ether oxygens (including phenoxy) is 3. The largest absolute Gasteiger partial charge is 0.493 e. The van der Waals surface area contributed by atoms with Crippen molar-refractivity contribution in [2.24, 2.45) is 5.92 Å². The molecule has 0 spiro atoms. The normalized spacial score (nSPS) is 13.8. The molecule has 1 atom stereocenters. The van der Waals surface area contributed by atoms with Gasteiger partial charge in [0.2, 0.25) is 11.8 Å². The average molecular weight is 451 g/mol. The molecule has 0 radical (unpaired) electrons. The summed E-state index contributed by atoms with van der Waals surface area (Å²) in [6.07, 6.45) is 5.41. The van der Waals surface area contributed by atoms with Gasteiger partial charge in [0.25, 0.3) is 0 Å². The van der Waals surface area contributed by atoms with Crippen molar-refractivity contribution in [2.75, 3.05) is 6.61 Å². The molecular weight excluding hydrogens is 425 g/mol. The average Bonchev–Trinajstić information content (AvgIpc) is 3.62. The second kappa shape index (κ2) is 10.3. The number of amides is 1. The van der Waals surface area contributed by atoms with E-state index in [9.17, 15) is 9.18 Å². The maximum atomic E-state index is 14.6. The van der Waals surface area contributed by atoms with Gasteiger partial charge in [-0.05, 0) is 49.9 Å². The second-order valence-electron chi connectivity index (χ2n) is 8.07. The van der Waals surface area contributed by atoms with E-state index in [1.807, 2.05) is 19.1 Å². The molecule has 7 nitrogen and oxygen atoms in total. The minimum atomic E-state index is -0.447. The molecule has 0 bridgehead atoms. The lowest BCUT2D eigenvalue weighted by Gasteiger charge is -2.12. The third-order valence-corrected chi connectivity index (χ3v) is 5.14. The predicted octanol–water partition coefficient (Wildman–Crippen LogP) is 4.97. The van der Waals surface area contributed by atoms with E-state index < -0.39 is 5.82 Å². The SMILES string of the molecule is CC(=O)NC(C)c1cnc(OCc2ccc(Oc3cccc(OCC4CC4)c3)cc2F)cn1. The topological polar surface area (TPSA) is 82.6 Å². The smallest absolute Gasteiger partial charge is 0.232 e. The van der Waals surface area contributed by atoms with Gasteiger partial charge in [0.15, 0.2) is 0 Å². The van der Waals surface area contributed by atoms with Crippen molar-refractivity contribution in [3.63, 3.8) is 0 Å². The van der Waals surface area contributed by atoms with Crippen LogP contribution in [-0.4, -0.2) is 22.5 Å². The first-order valence-corrected chi connectivity index (χ1v) is 10.9. The number of nitrogens with one attached hydrogen (secondary N) is 1. The molecule has 1 unspecified atom stereocenters. The number of benzene rings is 2. The molecule has 0 aliphatic heterocycles. The van der Waals surface area contributed by atoms with Crippen molar-refractivity contribution in [1.29, 1.82) is 0 Å². The maximum absolute atomic E-state index is 14.6. The Hall–Kier alpha value is -3.68. The van der Waals surface area contributed by atoms with Crippen LogP contribution in [0.5, 0.6) is 23.1 Å². The lowest BCUT2D eigenvalue weighted by molar-refractivity contribution is -0.119. The van der Waals surface area contributed by atoms with E-state index in [0.29, 0.717) is 35.3 Å². The van der Waals surface area contributed by atoms with Gasteiger partial charge >= 0.3 is 0 Å². The predicted molar refractivity (Wildman–Crippen MR) is 120 cm³/mol. The van der Waals surface area contributed by atoms with Crippen LogP contribution in [0.4, 0.5) is 4.39 Å². The fourth-order valence-corrected chi connectivity index (χ4v) is 3.13. The summed E-state index contributed by atoms with van der Waals surface area (Å²) in [6.45, 7) is 3.95. The first-order chi connectivity index (χ1) is 16.0. The van der Waals surface area contributed by atoms with Crippen LogP contribution >= 0.6 is 0 Å². The van der Waals surface area contributed by atoms with Crippen LogP contribution in [0.15, 0.2) is 54.9 Å². The van der Waals surface area contributed by atoms with E-state index in [-0.39, 0.29) is 24.4 Å². The van der Waals surface area contributed by atoms with Crippen LogP contribution in [0.25, 0.3) is 0 Å². The Morgan fingerprint density at radius 1 is 1.09 bits per heavy atom. The van der Waals surface area contributed by atoms with Crippen LogP contribution in [0, 0.1) is 11.7 Å². The molecule has 1 amide bonds. The van der Waals surface area contributed by atoms with E-state index >= 15 is 0 Å². The molecule has 33 heavy (non-hydrogen) atoms. The zero-order chi connectivity index (χ0) is 23.2. The zero-order valence-electron chi connectivity index (χ0n) is 18.6. The molecule has 0 saturated heterocycles. The van der Waals surface area contributed by atoms with Gasteiger partial charge in [0, 0.05) is 24.6 Å². The third-order valence-electron chi connectivity index (χ3n) is 5.14. The lowest BCUT2D eigenvalue weighted by atomic mass is 10.2. The monoisotopic (exact) mass is 451 g/mol. The number of nitrogens with zero attached hydrogens (tertiary/aromatic N) is 2. The van der Waals surface area contributed by atoms with Crippen molar-refractivity contribution in [2.45, 2.75) is 39.3 Å². The standard InChI is InChI=1S/C25H26FN3O4/c1-16(29-17(2)30)24-12-28-25(13-27-24)32-15-19-8-9-22(11-23(19)26)33-21-5-3-4-20(10-21)31-14-18-6-7-18/h3-5,8-13,16,18H,6-7,14-15H2,1-2H3,(H,29,30). The second-order valence-corrected chi connectivity index (χ2v) is 8.07. The van der Waals surface area contributed by atoms with Crippen molar-refractivity contribution < 1.29 is 23.4 Å². The first kappa shape index (κ1) is 22.5. The van der Waals surface area contributed by atoms with E-state index in [0.717, 1.165) is 5.75 Å². The van der Waals surface area contributed by atoms with Gasteiger partial charge in [-0.25, -0.2) is 9.37 Å². The van der Waals surface area contributed by atoms with Crippen molar-refractivity contribution in [3.8, 4) is 23.1 Å². The maximum Gasteiger partial charge on any atom is 0.232 e. The van der Waals surface area contributed by atoms with Crippen LogP contribution in [0.1, 0.15) is 44.0 Å².